The van der Waals surface area contributed by atoms with Gasteiger partial charge in [0.25, 0.3) is 11.8 Å². The molecule has 0 unspecified atom stereocenters. The standard InChI is InChI=1S/C27H33ClFN3O5/c1-15-19(9-6-10-22(15)33)24(35)30-20(12-16-7-5-8-18(29)11-16)23(34)26(37)32-14-17(28)13-21(32)25(36)31-27(2,3)4/h5-11,17,20-21,23,33-34H,12-14H2,1-4H3,(H,30,35)(H,31,36)/t17-,20-,21-,23-/m0/s1. The number of alkyl halides is 1. The van der Waals surface area contributed by atoms with Gasteiger partial charge in [-0.25, -0.2) is 4.39 Å². The summed E-state index contributed by atoms with van der Waals surface area (Å²) >= 11 is 6.30. The fraction of sp³-hybridized carbons (Fsp3) is 0.444. The lowest BCUT2D eigenvalue weighted by molar-refractivity contribution is -0.146. The van der Waals surface area contributed by atoms with Gasteiger partial charge in [-0.1, -0.05) is 18.2 Å². The van der Waals surface area contributed by atoms with Crippen LogP contribution in [0, 0.1) is 12.7 Å². The molecule has 0 saturated carbocycles. The number of benzene rings is 2. The summed E-state index contributed by atoms with van der Waals surface area (Å²) in [5.41, 5.74) is 0.396. The van der Waals surface area contributed by atoms with Crippen LogP contribution >= 0.6 is 11.6 Å². The van der Waals surface area contributed by atoms with Gasteiger partial charge >= 0.3 is 0 Å². The Morgan fingerprint density at radius 1 is 1.19 bits per heavy atom. The first-order valence-electron chi connectivity index (χ1n) is 12.1. The van der Waals surface area contributed by atoms with Crippen LogP contribution in [-0.4, -0.2) is 68.5 Å². The highest BCUT2D eigenvalue weighted by atomic mass is 35.5. The third-order valence-corrected chi connectivity index (χ3v) is 6.50. The lowest BCUT2D eigenvalue weighted by atomic mass is 9.98. The molecule has 0 bridgehead atoms. The Bertz CT molecular complexity index is 1170. The second-order valence-corrected chi connectivity index (χ2v) is 11.0. The lowest BCUT2D eigenvalue weighted by Gasteiger charge is -2.32. The molecule has 1 fully saturated rings. The molecular formula is C27H33ClFN3O5. The van der Waals surface area contributed by atoms with Crippen molar-refractivity contribution in [2.45, 2.75) is 69.6 Å². The van der Waals surface area contributed by atoms with Crippen molar-refractivity contribution < 1.29 is 29.0 Å². The van der Waals surface area contributed by atoms with Crippen molar-refractivity contribution in [1.29, 1.82) is 0 Å². The summed E-state index contributed by atoms with van der Waals surface area (Å²) in [6.45, 7) is 7.05. The number of aromatic hydroxyl groups is 1. The molecule has 4 atom stereocenters. The van der Waals surface area contributed by atoms with E-state index in [0.717, 1.165) is 0 Å². The predicted molar refractivity (Wildman–Crippen MR) is 138 cm³/mol. The zero-order valence-electron chi connectivity index (χ0n) is 21.3. The highest BCUT2D eigenvalue weighted by Crippen LogP contribution is 2.25. The van der Waals surface area contributed by atoms with Gasteiger partial charge in [-0.15, -0.1) is 11.6 Å². The van der Waals surface area contributed by atoms with Crippen LogP contribution in [-0.2, 0) is 16.0 Å². The largest absolute Gasteiger partial charge is 0.508 e. The maximum Gasteiger partial charge on any atom is 0.254 e. The number of aliphatic hydroxyl groups excluding tert-OH is 1. The number of nitrogens with one attached hydrogen (secondary N) is 2. The molecule has 0 radical (unpaired) electrons. The summed E-state index contributed by atoms with van der Waals surface area (Å²) in [5.74, 6) is -2.37. The number of aliphatic hydroxyl groups is 1. The van der Waals surface area contributed by atoms with Crippen molar-refractivity contribution in [1.82, 2.24) is 15.5 Å². The highest BCUT2D eigenvalue weighted by Gasteiger charge is 2.43. The predicted octanol–water partition coefficient (Wildman–Crippen LogP) is 2.66. The van der Waals surface area contributed by atoms with E-state index in [9.17, 15) is 29.0 Å². The second-order valence-electron chi connectivity index (χ2n) is 10.4. The van der Waals surface area contributed by atoms with Gasteiger partial charge in [0.1, 0.15) is 17.6 Å². The number of hydrogen-bond donors (Lipinski definition) is 4. The molecule has 200 valence electrons. The Hall–Kier alpha value is -3.17. The molecule has 4 N–H and O–H groups in total. The number of phenolic OH excluding ortho intramolecular Hbond substituents is 1. The second kappa shape index (κ2) is 11.5. The fourth-order valence-electron chi connectivity index (χ4n) is 4.35. The van der Waals surface area contributed by atoms with E-state index in [2.05, 4.69) is 10.6 Å². The summed E-state index contributed by atoms with van der Waals surface area (Å²) in [4.78, 5) is 40.7. The number of likely N-dealkylation sites (tertiary alicyclic amines) is 1. The van der Waals surface area contributed by atoms with Gasteiger partial charge in [0.05, 0.1) is 11.4 Å². The van der Waals surface area contributed by atoms with Gasteiger partial charge < -0.3 is 25.7 Å². The van der Waals surface area contributed by atoms with Crippen LogP contribution in [0.15, 0.2) is 42.5 Å². The van der Waals surface area contributed by atoms with E-state index in [1.165, 1.54) is 41.3 Å². The van der Waals surface area contributed by atoms with E-state index in [1.54, 1.807) is 13.0 Å². The van der Waals surface area contributed by atoms with Gasteiger partial charge in [-0.2, -0.15) is 0 Å². The molecule has 1 aliphatic rings. The summed E-state index contributed by atoms with van der Waals surface area (Å²) in [7, 11) is 0. The molecule has 2 aromatic carbocycles. The van der Waals surface area contributed by atoms with Crippen molar-refractivity contribution in [3.63, 3.8) is 0 Å². The maximum absolute atomic E-state index is 13.9. The minimum Gasteiger partial charge on any atom is -0.508 e. The van der Waals surface area contributed by atoms with Crippen molar-refractivity contribution in [3.05, 3.63) is 65.0 Å². The number of hydrogen-bond acceptors (Lipinski definition) is 5. The fourth-order valence-corrected chi connectivity index (χ4v) is 4.66. The molecule has 1 heterocycles. The Balaban J connectivity index is 1.88. The van der Waals surface area contributed by atoms with Crippen LogP contribution in [0.3, 0.4) is 0 Å². The number of phenols is 1. The number of nitrogens with zero attached hydrogens (tertiary/aromatic N) is 1. The van der Waals surface area contributed by atoms with Gasteiger partial charge in [0, 0.05) is 23.2 Å². The number of rotatable bonds is 7. The Morgan fingerprint density at radius 3 is 2.51 bits per heavy atom. The molecular weight excluding hydrogens is 501 g/mol. The first-order valence-corrected chi connectivity index (χ1v) is 12.5. The first-order chi connectivity index (χ1) is 17.3. The van der Waals surface area contributed by atoms with Gasteiger partial charge in [-0.05, 0) is 70.4 Å². The molecule has 0 aliphatic carbocycles. The molecule has 3 rings (SSSR count). The van der Waals surface area contributed by atoms with Gasteiger partial charge in [-0.3, -0.25) is 14.4 Å². The van der Waals surface area contributed by atoms with Gasteiger partial charge in [0.2, 0.25) is 5.91 Å². The molecule has 0 aromatic heterocycles. The Morgan fingerprint density at radius 2 is 1.86 bits per heavy atom. The van der Waals surface area contributed by atoms with Crippen LogP contribution in [0.25, 0.3) is 0 Å². The monoisotopic (exact) mass is 533 g/mol. The van der Waals surface area contributed by atoms with E-state index >= 15 is 0 Å². The molecule has 2 aromatic rings. The van der Waals surface area contributed by atoms with Crippen LogP contribution in [0.1, 0.15) is 48.7 Å². The molecule has 0 spiro atoms. The van der Waals surface area contributed by atoms with E-state index in [-0.39, 0.29) is 30.7 Å². The molecule has 3 amide bonds. The van der Waals surface area contributed by atoms with Crippen LogP contribution in [0.2, 0.25) is 0 Å². The van der Waals surface area contributed by atoms with Crippen LogP contribution < -0.4 is 10.6 Å². The average Bonchev–Trinajstić information content (AvgIpc) is 3.20. The minimum absolute atomic E-state index is 0.0476. The maximum atomic E-state index is 13.9. The van der Waals surface area contributed by atoms with Crippen molar-refractivity contribution in [2.75, 3.05) is 6.54 Å². The van der Waals surface area contributed by atoms with E-state index < -0.39 is 52.6 Å². The Kier molecular flexibility index (Phi) is 8.81. The zero-order valence-corrected chi connectivity index (χ0v) is 22.1. The quantitative estimate of drug-likeness (QED) is 0.408. The van der Waals surface area contributed by atoms with E-state index in [0.29, 0.717) is 11.1 Å². The highest BCUT2D eigenvalue weighted by molar-refractivity contribution is 6.21. The van der Waals surface area contributed by atoms with Gasteiger partial charge in [0.15, 0.2) is 6.10 Å². The molecule has 8 nitrogen and oxygen atoms in total. The Labute approximate surface area is 220 Å². The van der Waals surface area contributed by atoms with E-state index in [1.807, 2.05) is 20.8 Å². The van der Waals surface area contributed by atoms with Crippen LogP contribution in [0.4, 0.5) is 4.39 Å². The van der Waals surface area contributed by atoms with Crippen molar-refractivity contribution in [3.8, 4) is 5.75 Å². The minimum atomic E-state index is -1.75. The lowest BCUT2D eigenvalue weighted by Crippen LogP contribution is -2.57. The smallest absolute Gasteiger partial charge is 0.254 e. The SMILES string of the molecule is Cc1c(O)cccc1C(=O)N[C@@H](Cc1cccc(F)c1)[C@H](O)C(=O)N1C[C@@H](Cl)C[C@H]1C(=O)NC(C)(C)C. The average molecular weight is 534 g/mol. The number of amides is 3. The zero-order chi connectivity index (χ0) is 27.5. The summed E-state index contributed by atoms with van der Waals surface area (Å²) < 4.78 is 13.9. The normalized spacial score (nSPS) is 19.3. The van der Waals surface area contributed by atoms with Crippen LogP contribution in [0.5, 0.6) is 5.75 Å². The van der Waals surface area contributed by atoms with Crippen molar-refractivity contribution >= 4 is 29.3 Å². The third-order valence-electron chi connectivity index (χ3n) is 6.18. The van der Waals surface area contributed by atoms with Crippen molar-refractivity contribution in [2.24, 2.45) is 0 Å². The third kappa shape index (κ3) is 7.20. The molecule has 37 heavy (non-hydrogen) atoms. The molecule has 10 heteroatoms. The number of carbonyl (C=O) groups is 3. The molecule has 1 aliphatic heterocycles. The summed E-state index contributed by atoms with van der Waals surface area (Å²) in [5, 5.41) is 26.2. The topological polar surface area (TPSA) is 119 Å². The molecule has 1 saturated heterocycles. The summed E-state index contributed by atoms with van der Waals surface area (Å²) in [6.07, 6.45) is -1.60. The number of halogens is 2. The van der Waals surface area contributed by atoms with E-state index in [4.69, 9.17) is 11.6 Å². The number of carbonyl (C=O) groups excluding carboxylic acids is 3. The first kappa shape index (κ1) is 28.4. The summed E-state index contributed by atoms with van der Waals surface area (Å²) in [6, 6.07) is 8.01.